The van der Waals surface area contributed by atoms with Crippen LogP contribution in [-0.4, -0.2) is 64.6 Å². The van der Waals surface area contributed by atoms with E-state index in [4.69, 9.17) is 4.52 Å². The molecular formula is C24H42N4O4. The van der Waals surface area contributed by atoms with Gasteiger partial charge in [-0.05, 0) is 24.8 Å². The molecule has 8 nitrogen and oxygen atoms in total. The minimum absolute atomic E-state index is 0.00418. The van der Waals surface area contributed by atoms with Crippen LogP contribution in [0.1, 0.15) is 89.8 Å². The van der Waals surface area contributed by atoms with Gasteiger partial charge in [-0.2, -0.15) is 4.98 Å². The van der Waals surface area contributed by atoms with Crippen LogP contribution < -0.4 is 0 Å². The molecule has 1 aromatic heterocycles. The van der Waals surface area contributed by atoms with Gasteiger partial charge in [0, 0.05) is 14.1 Å². The monoisotopic (exact) mass is 450 g/mol. The van der Waals surface area contributed by atoms with E-state index in [9.17, 15) is 14.7 Å². The molecule has 2 atom stereocenters. The van der Waals surface area contributed by atoms with Crippen molar-refractivity contribution >= 4 is 11.9 Å². The summed E-state index contributed by atoms with van der Waals surface area (Å²) < 4.78 is 5.60. The highest BCUT2D eigenvalue weighted by molar-refractivity contribution is 5.77. The second kappa shape index (κ2) is 11.8. The molecular weight excluding hydrogens is 408 g/mol. The molecule has 1 aliphatic rings. The van der Waals surface area contributed by atoms with E-state index >= 15 is 0 Å². The number of carboxylic acids is 1. The van der Waals surface area contributed by atoms with Crippen molar-refractivity contribution in [1.82, 2.24) is 19.9 Å². The third kappa shape index (κ3) is 7.87. The number of rotatable bonds is 11. The molecule has 0 saturated heterocycles. The van der Waals surface area contributed by atoms with Crippen molar-refractivity contribution in [3.05, 3.63) is 11.7 Å². The average molecular weight is 451 g/mol. The van der Waals surface area contributed by atoms with E-state index in [2.05, 4.69) is 10.1 Å². The Balaban J connectivity index is 2.12. The zero-order valence-corrected chi connectivity index (χ0v) is 20.8. The van der Waals surface area contributed by atoms with Crippen LogP contribution in [-0.2, 0) is 16.1 Å². The quantitative estimate of drug-likeness (QED) is 0.540. The summed E-state index contributed by atoms with van der Waals surface area (Å²) in [4.78, 5) is 32.1. The van der Waals surface area contributed by atoms with Crippen molar-refractivity contribution in [3.63, 3.8) is 0 Å². The third-order valence-corrected chi connectivity index (χ3v) is 6.57. The standard InChI is InChI=1S/C24H42N4O4/c1-24(2,3)21(23(30)31)18(14-10-13-17-11-8-7-9-12-17)22-25-19(26-32-22)15-28(6)16-20(29)27(4)5/h17-18,21H,7-16H2,1-6H3,(H,30,31)/t18-,21?/m1/s1. The predicted octanol–water partition coefficient (Wildman–Crippen LogP) is 4.17. The Labute approximate surface area is 192 Å². The molecule has 1 N–H and O–H groups in total. The van der Waals surface area contributed by atoms with E-state index in [0.717, 1.165) is 25.2 Å². The van der Waals surface area contributed by atoms with E-state index in [0.29, 0.717) is 18.3 Å². The summed E-state index contributed by atoms with van der Waals surface area (Å²) >= 11 is 0. The van der Waals surface area contributed by atoms with E-state index in [-0.39, 0.29) is 18.4 Å². The second-order valence-electron chi connectivity index (χ2n) is 10.7. The number of carbonyl (C=O) groups is 2. The molecule has 0 bridgehead atoms. The Hall–Kier alpha value is -1.96. The molecule has 1 unspecified atom stereocenters. The van der Waals surface area contributed by atoms with E-state index in [1.165, 1.54) is 32.1 Å². The smallest absolute Gasteiger partial charge is 0.307 e. The molecule has 0 aliphatic heterocycles. The first-order valence-corrected chi connectivity index (χ1v) is 11.9. The Bertz CT molecular complexity index is 735. The van der Waals surface area contributed by atoms with Crippen LogP contribution in [0.5, 0.6) is 0 Å². The third-order valence-electron chi connectivity index (χ3n) is 6.57. The summed E-state index contributed by atoms with van der Waals surface area (Å²) in [5.41, 5.74) is -0.440. The maximum Gasteiger partial charge on any atom is 0.307 e. The van der Waals surface area contributed by atoms with Crippen LogP contribution in [0.3, 0.4) is 0 Å². The summed E-state index contributed by atoms with van der Waals surface area (Å²) in [6, 6.07) is 0. The normalized spacial score (nSPS) is 17.3. The largest absolute Gasteiger partial charge is 0.481 e. The number of hydrogen-bond acceptors (Lipinski definition) is 6. The highest BCUT2D eigenvalue weighted by Gasteiger charge is 2.41. The topological polar surface area (TPSA) is 99.8 Å². The Morgan fingerprint density at radius 3 is 2.38 bits per heavy atom. The number of nitrogens with zero attached hydrogens (tertiary/aromatic N) is 4. The van der Waals surface area contributed by atoms with E-state index in [1.54, 1.807) is 19.0 Å². The van der Waals surface area contributed by atoms with E-state index < -0.39 is 17.3 Å². The SMILES string of the molecule is CN(CC(=O)N(C)C)Cc1noc([C@H](CCCC2CCCCC2)C(C(=O)O)C(C)(C)C)n1. The van der Waals surface area contributed by atoms with Gasteiger partial charge in [-0.25, -0.2) is 0 Å². The lowest BCUT2D eigenvalue weighted by molar-refractivity contribution is -0.147. The lowest BCUT2D eigenvalue weighted by atomic mass is 9.71. The number of carboxylic acid groups (broad SMARTS) is 1. The minimum atomic E-state index is -0.825. The zero-order valence-electron chi connectivity index (χ0n) is 20.8. The van der Waals surface area contributed by atoms with Gasteiger partial charge in [0.15, 0.2) is 5.82 Å². The first-order valence-electron chi connectivity index (χ1n) is 11.9. The number of hydrogen-bond donors (Lipinski definition) is 1. The minimum Gasteiger partial charge on any atom is -0.481 e. The van der Waals surface area contributed by atoms with Crippen molar-refractivity contribution < 1.29 is 19.2 Å². The summed E-state index contributed by atoms with van der Waals surface area (Å²) in [6.07, 6.45) is 9.35. The van der Waals surface area contributed by atoms with Crippen LogP contribution >= 0.6 is 0 Å². The number of likely N-dealkylation sites (N-methyl/N-ethyl adjacent to an activating group) is 2. The molecule has 32 heavy (non-hydrogen) atoms. The molecule has 1 saturated carbocycles. The first-order chi connectivity index (χ1) is 15.0. The Kier molecular flexibility index (Phi) is 9.67. The van der Waals surface area contributed by atoms with Gasteiger partial charge in [-0.1, -0.05) is 70.9 Å². The second-order valence-corrected chi connectivity index (χ2v) is 10.7. The molecule has 0 radical (unpaired) electrons. The summed E-state index contributed by atoms with van der Waals surface area (Å²) in [5.74, 6) is -0.142. The van der Waals surface area contributed by atoms with Gasteiger partial charge in [0.05, 0.1) is 24.9 Å². The lowest BCUT2D eigenvalue weighted by Crippen LogP contribution is -2.34. The summed E-state index contributed by atoms with van der Waals surface area (Å²) in [6.45, 7) is 6.49. The molecule has 1 amide bonds. The molecule has 1 aliphatic carbocycles. The maximum atomic E-state index is 12.3. The van der Waals surface area contributed by atoms with Gasteiger partial charge in [-0.3, -0.25) is 14.5 Å². The first kappa shape index (κ1) is 26.3. The lowest BCUT2D eigenvalue weighted by Gasteiger charge is -2.32. The van der Waals surface area contributed by atoms with Crippen LogP contribution in [0.15, 0.2) is 4.52 Å². The van der Waals surface area contributed by atoms with Gasteiger partial charge in [0.2, 0.25) is 11.8 Å². The molecule has 1 aromatic rings. The molecule has 2 rings (SSSR count). The molecule has 1 heterocycles. The van der Waals surface area contributed by atoms with Crippen molar-refractivity contribution in [2.24, 2.45) is 17.3 Å². The number of amides is 1. The fourth-order valence-electron chi connectivity index (χ4n) is 4.83. The fourth-order valence-corrected chi connectivity index (χ4v) is 4.83. The van der Waals surface area contributed by atoms with Gasteiger partial charge < -0.3 is 14.5 Å². The number of carbonyl (C=O) groups excluding carboxylic acids is 1. The zero-order chi connectivity index (χ0) is 23.9. The van der Waals surface area contributed by atoms with Crippen LogP contribution in [0.25, 0.3) is 0 Å². The number of aliphatic carboxylic acids is 1. The number of aromatic nitrogens is 2. The molecule has 182 valence electrons. The Morgan fingerprint density at radius 1 is 1.16 bits per heavy atom. The van der Waals surface area contributed by atoms with Crippen LogP contribution in [0, 0.1) is 17.3 Å². The highest BCUT2D eigenvalue weighted by atomic mass is 16.5. The van der Waals surface area contributed by atoms with Crippen molar-refractivity contribution in [1.29, 1.82) is 0 Å². The summed E-state index contributed by atoms with van der Waals surface area (Å²) in [7, 11) is 5.27. The van der Waals surface area contributed by atoms with Crippen LogP contribution in [0.4, 0.5) is 0 Å². The highest BCUT2D eigenvalue weighted by Crippen LogP contribution is 2.41. The average Bonchev–Trinajstić information content (AvgIpc) is 3.14. The van der Waals surface area contributed by atoms with Gasteiger partial charge in [0.1, 0.15) is 0 Å². The van der Waals surface area contributed by atoms with E-state index in [1.807, 2.05) is 32.7 Å². The molecule has 8 heteroatoms. The van der Waals surface area contributed by atoms with Crippen molar-refractivity contribution in [2.45, 2.75) is 84.6 Å². The van der Waals surface area contributed by atoms with Crippen molar-refractivity contribution in [3.8, 4) is 0 Å². The molecule has 0 spiro atoms. The van der Waals surface area contributed by atoms with Crippen molar-refractivity contribution in [2.75, 3.05) is 27.7 Å². The Morgan fingerprint density at radius 2 is 1.81 bits per heavy atom. The van der Waals surface area contributed by atoms with Gasteiger partial charge in [-0.15, -0.1) is 0 Å². The van der Waals surface area contributed by atoms with Gasteiger partial charge >= 0.3 is 5.97 Å². The van der Waals surface area contributed by atoms with Gasteiger partial charge in [0.25, 0.3) is 0 Å². The molecule has 1 fully saturated rings. The summed E-state index contributed by atoms with van der Waals surface area (Å²) in [5, 5.41) is 14.2. The molecule has 0 aromatic carbocycles. The predicted molar refractivity (Wildman–Crippen MR) is 123 cm³/mol. The van der Waals surface area contributed by atoms with Crippen LogP contribution in [0.2, 0.25) is 0 Å². The fraction of sp³-hybridized carbons (Fsp3) is 0.833. The maximum absolute atomic E-state index is 12.3.